The van der Waals surface area contributed by atoms with Gasteiger partial charge in [0.15, 0.2) is 6.29 Å². The number of benzene rings is 1. The molecule has 1 rings (SSSR count). The summed E-state index contributed by atoms with van der Waals surface area (Å²) in [5.74, 6) is 3.77. The molecule has 0 aliphatic rings. The lowest BCUT2D eigenvalue weighted by molar-refractivity contribution is 0.111. The monoisotopic (exact) mass is 330 g/mol. The van der Waals surface area contributed by atoms with Crippen LogP contribution in [0.5, 0.6) is 11.5 Å². The summed E-state index contributed by atoms with van der Waals surface area (Å²) >= 11 is 0. The van der Waals surface area contributed by atoms with Crippen LogP contribution in [0.3, 0.4) is 0 Å². The second-order valence-corrected chi connectivity index (χ2v) is 5.97. The zero-order chi connectivity index (χ0) is 17.6. The molecule has 0 saturated heterocycles. The maximum absolute atomic E-state index is 11.3. The molecule has 0 aromatic heterocycles. The van der Waals surface area contributed by atoms with E-state index in [1.807, 2.05) is 0 Å². The van der Waals surface area contributed by atoms with Gasteiger partial charge in [-0.05, 0) is 18.9 Å². The summed E-state index contributed by atoms with van der Waals surface area (Å²) in [5.41, 5.74) is 1.13. The van der Waals surface area contributed by atoms with Crippen molar-refractivity contribution in [2.45, 2.75) is 65.2 Å². The molecule has 3 nitrogen and oxygen atoms in total. The molecule has 0 fully saturated rings. The molecule has 0 atom stereocenters. The van der Waals surface area contributed by atoms with E-state index in [9.17, 15) is 4.79 Å². The Morgan fingerprint density at radius 3 is 2.00 bits per heavy atom. The zero-order valence-electron chi connectivity index (χ0n) is 15.1. The van der Waals surface area contributed by atoms with Crippen molar-refractivity contribution in [1.29, 1.82) is 0 Å². The normalized spacial score (nSPS) is 10.2. The number of hydrogen-bond acceptors (Lipinski definition) is 3. The average Bonchev–Trinajstić information content (AvgIpc) is 2.61. The van der Waals surface area contributed by atoms with Gasteiger partial charge in [-0.3, -0.25) is 4.79 Å². The van der Waals surface area contributed by atoms with Gasteiger partial charge < -0.3 is 9.47 Å². The van der Waals surface area contributed by atoms with Gasteiger partial charge >= 0.3 is 0 Å². The van der Waals surface area contributed by atoms with Gasteiger partial charge in [-0.25, -0.2) is 0 Å². The van der Waals surface area contributed by atoms with Crippen LogP contribution in [0.15, 0.2) is 12.1 Å². The third-order valence-electron chi connectivity index (χ3n) is 3.91. The lowest BCUT2D eigenvalue weighted by Gasteiger charge is -2.13. The minimum atomic E-state index is 0.494. The fourth-order valence-electron chi connectivity index (χ4n) is 2.45. The second kappa shape index (κ2) is 12.5. The Bertz CT molecular complexity index is 529. The summed E-state index contributed by atoms with van der Waals surface area (Å²) in [6.45, 7) is 5.56. The Morgan fingerprint density at radius 1 is 0.917 bits per heavy atom. The van der Waals surface area contributed by atoms with Crippen LogP contribution in [-0.2, 0) is 0 Å². The van der Waals surface area contributed by atoms with Crippen LogP contribution in [0.2, 0.25) is 0 Å². The van der Waals surface area contributed by atoms with Crippen LogP contribution in [-0.4, -0.2) is 19.5 Å². The van der Waals surface area contributed by atoms with E-state index in [0.717, 1.165) is 32.0 Å². The Hall–Kier alpha value is -1.95. The molecule has 0 amide bonds. The van der Waals surface area contributed by atoms with Crippen molar-refractivity contribution >= 4 is 6.29 Å². The largest absolute Gasteiger partial charge is 0.493 e. The van der Waals surface area contributed by atoms with Gasteiger partial charge in [-0.15, -0.1) is 6.42 Å². The van der Waals surface area contributed by atoms with E-state index in [4.69, 9.17) is 15.9 Å². The topological polar surface area (TPSA) is 35.5 Å². The van der Waals surface area contributed by atoms with Crippen LogP contribution in [0, 0.1) is 12.3 Å². The van der Waals surface area contributed by atoms with Crippen molar-refractivity contribution in [3.8, 4) is 23.8 Å². The molecular weight excluding hydrogens is 300 g/mol. The number of ether oxygens (including phenoxy) is 2. The lowest BCUT2D eigenvalue weighted by atomic mass is 10.1. The van der Waals surface area contributed by atoms with Crippen LogP contribution < -0.4 is 9.47 Å². The Balaban J connectivity index is 2.67. The molecule has 0 radical (unpaired) electrons. The van der Waals surface area contributed by atoms with Crippen molar-refractivity contribution < 1.29 is 14.3 Å². The molecule has 1 aromatic rings. The molecule has 0 bridgehead atoms. The quantitative estimate of drug-likeness (QED) is 0.276. The summed E-state index contributed by atoms with van der Waals surface area (Å²) in [7, 11) is 0. The van der Waals surface area contributed by atoms with E-state index in [2.05, 4.69) is 19.8 Å². The standard InChI is InChI=1S/C21H30O3/c1-4-7-9-11-13-23-20-16-19(17-22)21(15-18(20)6-3)24-14-12-10-8-5-2/h3,15-17H,4-5,7-14H2,1-2H3. The predicted octanol–water partition coefficient (Wildman–Crippen LogP) is 5.40. The van der Waals surface area contributed by atoms with E-state index in [1.165, 1.54) is 25.7 Å². The number of rotatable bonds is 13. The molecule has 132 valence electrons. The van der Waals surface area contributed by atoms with Crippen LogP contribution in [0.4, 0.5) is 0 Å². The molecular formula is C21H30O3. The molecule has 0 spiro atoms. The highest BCUT2D eigenvalue weighted by molar-refractivity contribution is 5.81. The van der Waals surface area contributed by atoms with Gasteiger partial charge in [0.1, 0.15) is 11.5 Å². The number of hydrogen-bond donors (Lipinski definition) is 0. The second-order valence-electron chi connectivity index (χ2n) is 5.97. The Labute approximate surface area is 146 Å². The molecule has 1 aromatic carbocycles. The van der Waals surface area contributed by atoms with Crippen molar-refractivity contribution in [3.63, 3.8) is 0 Å². The van der Waals surface area contributed by atoms with E-state index in [0.29, 0.717) is 35.8 Å². The predicted molar refractivity (Wildman–Crippen MR) is 99.0 cm³/mol. The lowest BCUT2D eigenvalue weighted by Crippen LogP contribution is -2.04. The van der Waals surface area contributed by atoms with Crippen LogP contribution in [0.1, 0.15) is 81.1 Å². The SMILES string of the molecule is C#Cc1cc(OCCCCCC)c(C=O)cc1OCCCCCC. The van der Waals surface area contributed by atoms with Crippen LogP contribution in [0.25, 0.3) is 0 Å². The fourth-order valence-corrected chi connectivity index (χ4v) is 2.45. The summed E-state index contributed by atoms with van der Waals surface area (Å²) < 4.78 is 11.5. The summed E-state index contributed by atoms with van der Waals surface area (Å²) in [5, 5.41) is 0. The van der Waals surface area contributed by atoms with Crippen molar-refractivity contribution in [2.75, 3.05) is 13.2 Å². The summed E-state index contributed by atoms with van der Waals surface area (Å²) in [4.78, 5) is 11.3. The van der Waals surface area contributed by atoms with Gasteiger partial charge in [-0.2, -0.15) is 0 Å². The van der Waals surface area contributed by atoms with Gasteiger partial charge in [0.2, 0.25) is 0 Å². The van der Waals surface area contributed by atoms with Gasteiger partial charge in [0.25, 0.3) is 0 Å². The molecule has 24 heavy (non-hydrogen) atoms. The first-order valence-corrected chi connectivity index (χ1v) is 9.12. The maximum Gasteiger partial charge on any atom is 0.153 e. The highest BCUT2D eigenvalue weighted by Crippen LogP contribution is 2.28. The third-order valence-corrected chi connectivity index (χ3v) is 3.91. The Morgan fingerprint density at radius 2 is 1.50 bits per heavy atom. The first-order chi connectivity index (χ1) is 11.8. The molecule has 0 unspecified atom stereocenters. The Kier molecular flexibility index (Phi) is 10.4. The number of carbonyl (C=O) groups excluding carboxylic acids is 1. The smallest absolute Gasteiger partial charge is 0.153 e. The van der Waals surface area contributed by atoms with Crippen molar-refractivity contribution in [2.24, 2.45) is 0 Å². The number of unbranched alkanes of at least 4 members (excludes halogenated alkanes) is 6. The number of aldehydes is 1. The zero-order valence-corrected chi connectivity index (χ0v) is 15.1. The first-order valence-electron chi connectivity index (χ1n) is 9.12. The average molecular weight is 330 g/mol. The molecule has 0 aliphatic heterocycles. The van der Waals surface area contributed by atoms with E-state index in [-0.39, 0.29) is 0 Å². The summed E-state index contributed by atoms with van der Waals surface area (Å²) in [6.07, 6.45) is 15.4. The van der Waals surface area contributed by atoms with E-state index >= 15 is 0 Å². The van der Waals surface area contributed by atoms with E-state index < -0.39 is 0 Å². The number of carbonyl (C=O) groups is 1. The minimum absolute atomic E-state index is 0.494. The van der Waals surface area contributed by atoms with Crippen molar-refractivity contribution in [1.82, 2.24) is 0 Å². The number of terminal acetylenes is 1. The molecule has 0 saturated carbocycles. The molecule has 3 heteroatoms. The molecule has 0 heterocycles. The minimum Gasteiger partial charge on any atom is -0.493 e. The van der Waals surface area contributed by atoms with Gasteiger partial charge in [0.05, 0.1) is 24.3 Å². The maximum atomic E-state index is 11.3. The van der Waals surface area contributed by atoms with Crippen molar-refractivity contribution in [3.05, 3.63) is 23.3 Å². The van der Waals surface area contributed by atoms with Crippen LogP contribution >= 0.6 is 0 Å². The van der Waals surface area contributed by atoms with Gasteiger partial charge in [-0.1, -0.05) is 58.3 Å². The fraction of sp³-hybridized carbons (Fsp3) is 0.571. The highest BCUT2D eigenvalue weighted by atomic mass is 16.5. The van der Waals surface area contributed by atoms with E-state index in [1.54, 1.807) is 12.1 Å². The highest BCUT2D eigenvalue weighted by Gasteiger charge is 2.11. The first kappa shape index (κ1) is 20.1. The van der Waals surface area contributed by atoms with Gasteiger partial charge in [0, 0.05) is 6.07 Å². The third kappa shape index (κ3) is 7.08. The molecule has 0 N–H and O–H groups in total. The molecule has 0 aliphatic carbocycles. The summed E-state index contributed by atoms with van der Waals surface area (Å²) in [6, 6.07) is 3.44.